The second-order valence-electron chi connectivity index (χ2n) is 8.02. The van der Waals surface area contributed by atoms with Crippen LogP contribution in [0.1, 0.15) is 44.6 Å². The van der Waals surface area contributed by atoms with Gasteiger partial charge in [-0.2, -0.15) is 4.39 Å². The molecule has 2 aromatic rings. The lowest BCUT2D eigenvalue weighted by atomic mass is 9.85. The summed E-state index contributed by atoms with van der Waals surface area (Å²) < 4.78 is 63.1. The molecule has 154 valence electrons. The van der Waals surface area contributed by atoms with Gasteiger partial charge in [-0.1, -0.05) is 38.0 Å². The molecule has 1 fully saturated rings. The fourth-order valence-corrected chi connectivity index (χ4v) is 5.22. The number of methoxy groups -OCH3 is 1. The van der Waals surface area contributed by atoms with Crippen LogP contribution in [0.4, 0.5) is 17.6 Å². The fourth-order valence-electron chi connectivity index (χ4n) is 5.22. The molecular formula is C24H24F4O. The Morgan fingerprint density at radius 3 is 2.17 bits per heavy atom. The molecule has 2 aliphatic rings. The van der Waals surface area contributed by atoms with Crippen molar-refractivity contribution in [1.29, 1.82) is 0 Å². The summed E-state index contributed by atoms with van der Waals surface area (Å²) in [6, 6.07) is 5.24. The van der Waals surface area contributed by atoms with E-state index in [0.29, 0.717) is 11.8 Å². The smallest absolute Gasteiger partial charge is 0.201 e. The van der Waals surface area contributed by atoms with Gasteiger partial charge in [0.15, 0.2) is 23.2 Å². The van der Waals surface area contributed by atoms with Crippen LogP contribution in [-0.4, -0.2) is 7.11 Å². The maximum atomic E-state index is 15.0. The molecule has 29 heavy (non-hydrogen) atoms. The molecule has 0 radical (unpaired) electrons. The van der Waals surface area contributed by atoms with Gasteiger partial charge >= 0.3 is 0 Å². The monoisotopic (exact) mass is 404 g/mol. The highest BCUT2D eigenvalue weighted by Crippen LogP contribution is 2.52. The fraction of sp³-hybridized carbons (Fsp3) is 0.417. The molecule has 2 aromatic carbocycles. The molecule has 2 aliphatic carbocycles. The maximum Gasteiger partial charge on any atom is 0.201 e. The van der Waals surface area contributed by atoms with E-state index >= 15 is 4.39 Å². The Kier molecular flexibility index (Phi) is 5.41. The molecule has 3 atom stereocenters. The highest BCUT2D eigenvalue weighted by molar-refractivity contribution is 5.74. The Morgan fingerprint density at radius 2 is 1.48 bits per heavy atom. The van der Waals surface area contributed by atoms with Crippen molar-refractivity contribution in [2.24, 2.45) is 17.8 Å². The summed E-state index contributed by atoms with van der Waals surface area (Å²) in [5.41, 5.74) is 0.479. The molecule has 5 heteroatoms. The van der Waals surface area contributed by atoms with Crippen molar-refractivity contribution in [2.75, 3.05) is 7.11 Å². The van der Waals surface area contributed by atoms with Gasteiger partial charge in [-0.05, 0) is 54.7 Å². The largest absolute Gasteiger partial charge is 0.494 e. The average molecular weight is 404 g/mol. The average Bonchev–Trinajstić information content (AvgIpc) is 3.30. The molecule has 3 unspecified atom stereocenters. The first-order valence-corrected chi connectivity index (χ1v) is 10.2. The molecule has 0 spiro atoms. The number of allylic oxidation sites excluding steroid dienone is 2. The van der Waals surface area contributed by atoms with Gasteiger partial charge in [0.2, 0.25) is 5.82 Å². The minimum atomic E-state index is -1.26. The summed E-state index contributed by atoms with van der Waals surface area (Å²) in [5.74, 6) is -3.52. The summed E-state index contributed by atoms with van der Waals surface area (Å²) in [6.45, 7) is 2.17. The van der Waals surface area contributed by atoms with E-state index in [1.807, 2.05) is 6.08 Å². The van der Waals surface area contributed by atoms with Gasteiger partial charge in [0.05, 0.1) is 7.11 Å². The molecule has 0 aliphatic heterocycles. The summed E-state index contributed by atoms with van der Waals surface area (Å²) >= 11 is 0. The number of benzene rings is 2. The number of hydrogen-bond donors (Lipinski definition) is 0. The van der Waals surface area contributed by atoms with Crippen LogP contribution in [0.3, 0.4) is 0 Å². The Labute approximate surface area is 168 Å². The molecule has 0 aromatic heterocycles. The zero-order valence-corrected chi connectivity index (χ0v) is 16.6. The summed E-state index contributed by atoms with van der Waals surface area (Å²) in [6.07, 6.45) is 7.33. The van der Waals surface area contributed by atoms with Gasteiger partial charge in [0.25, 0.3) is 0 Å². The number of halogens is 4. The van der Waals surface area contributed by atoms with Gasteiger partial charge in [0.1, 0.15) is 0 Å². The maximum absolute atomic E-state index is 15.0. The van der Waals surface area contributed by atoms with Gasteiger partial charge in [-0.15, -0.1) is 0 Å². The molecule has 0 bridgehead atoms. The molecule has 0 heterocycles. The van der Waals surface area contributed by atoms with Crippen LogP contribution in [0.15, 0.2) is 30.3 Å². The van der Waals surface area contributed by atoms with Gasteiger partial charge in [0, 0.05) is 16.7 Å². The van der Waals surface area contributed by atoms with E-state index in [1.165, 1.54) is 37.8 Å². The Hall–Kier alpha value is -2.30. The second-order valence-corrected chi connectivity index (χ2v) is 8.02. The van der Waals surface area contributed by atoms with Gasteiger partial charge < -0.3 is 4.74 Å². The van der Waals surface area contributed by atoms with E-state index < -0.39 is 23.3 Å². The van der Waals surface area contributed by atoms with Crippen LogP contribution in [0.2, 0.25) is 0 Å². The second kappa shape index (κ2) is 7.85. The molecular weight excluding hydrogens is 380 g/mol. The quantitative estimate of drug-likeness (QED) is 0.481. The van der Waals surface area contributed by atoms with Crippen LogP contribution in [0.25, 0.3) is 16.7 Å². The first kappa shape index (κ1) is 20.0. The minimum Gasteiger partial charge on any atom is -0.494 e. The number of ether oxygens (including phenoxy) is 1. The first-order chi connectivity index (χ1) is 14.0. The Balaban J connectivity index is 1.69. The Bertz CT molecular complexity index is 966. The predicted molar refractivity (Wildman–Crippen MR) is 105 cm³/mol. The van der Waals surface area contributed by atoms with Crippen molar-refractivity contribution in [3.8, 4) is 16.9 Å². The van der Waals surface area contributed by atoms with Crippen LogP contribution in [0.5, 0.6) is 5.75 Å². The van der Waals surface area contributed by atoms with Crippen LogP contribution < -0.4 is 4.74 Å². The summed E-state index contributed by atoms with van der Waals surface area (Å²) in [5, 5.41) is 0. The normalized spacial score (nSPS) is 23.2. The zero-order chi connectivity index (χ0) is 20.7. The third-order valence-electron chi connectivity index (χ3n) is 6.59. The van der Waals surface area contributed by atoms with Crippen LogP contribution >= 0.6 is 0 Å². The van der Waals surface area contributed by atoms with E-state index in [2.05, 4.69) is 6.92 Å². The van der Waals surface area contributed by atoms with E-state index in [1.54, 1.807) is 0 Å². The van der Waals surface area contributed by atoms with Crippen molar-refractivity contribution < 1.29 is 22.3 Å². The topological polar surface area (TPSA) is 9.23 Å². The van der Waals surface area contributed by atoms with E-state index in [9.17, 15) is 13.2 Å². The first-order valence-electron chi connectivity index (χ1n) is 10.2. The number of rotatable bonds is 5. The number of hydrogen-bond acceptors (Lipinski definition) is 1. The molecule has 1 saturated carbocycles. The standard InChI is InChI=1S/C24H24F4O/c1-3-4-13-5-6-15-14(13)7-8-16(15)17-9-10-18(22(26)21(17)25)19-11-12-20(29-2)24(28)23(19)27/h8-15H,3-7H2,1-2H3. The lowest BCUT2D eigenvalue weighted by Gasteiger charge is -2.20. The van der Waals surface area contributed by atoms with Crippen molar-refractivity contribution in [1.82, 2.24) is 0 Å². The van der Waals surface area contributed by atoms with Crippen LogP contribution in [0, 0.1) is 41.0 Å². The third-order valence-corrected chi connectivity index (χ3v) is 6.59. The third kappa shape index (κ3) is 3.24. The predicted octanol–water partition coefficient (Wildman–Crippen LogP) is 7.15. The lowest BCUT2D eigenvalue weighted by Crippen LogP contribution is -2.11. The molecule has 4 rings (SSSR count). The summed E-state index contributed by atoms with van der Waals surface area (Å²) in [4.78, 5) is 0. The van der Waals surface area contributed by atoms with Crippen molar-refractivity contribution in [3.05, 3.63) is 59.2 Å². The van der Waals surface area contributed by atoms with Gasteiger partial charge in [-0.25, -0.2) is 13.2 Å². The van der Waals surface area contributed by atoms with Gasteiger partial charge in [-0.3, -0.25) is 0 Å². The van der Waals surface area contributed by atoms with E-state index in [4.69, 9.17) is 4.74 Å². The number of fused-ring (bicyclic) bond motifs is 1. The molecule has 0 saturated heterocycles. The lowest BCUT2D eigenvalue weighted by molar-refractivity contribution is 0.347. The van der Waals surface area contributed by atoms with Crippen LogP contribution in [-0.2, 0) is 0 Å². The molecule has 0 amide bonds. The summed E-state index contributed by atoms with van der Waals surface area (Å²) in [7, 11) is 1.21. The highest BCUT2D eigenvalue weighted by atomic mass is 19.2. The zero-order valence-electron chi connectivity index (χ0n) is 16.6. The SMILES string of the molecule is CCCC1CCC2C(c3ccc(-c4ccc(OC)c(F)c4F)c(F)c3F)=CCC12. The van der Waals surface area contributed by atoms with Crippen molar-refractivity contribution in [2.45, 2.75) is 39.0 Å². The van der Waals surface area contributed by atoms with Crippen molar-refractivity contribution >= 4 is 5.57 Å². The highest BCUT2D eigenvalue weighted by Gasteiger charge is 2.41. The minimum absolute atomic E-state index is 0.241. The Morgan fingerprint density at radius 1 is 0.862 bits per heavy atom. The molecule has 1 nitrogen and oxygen atoms in total. The van der Waals surface area contributed by atoms with E-state index in [-0.39, 0.29) is 28.4 Å². The van der Waals surface area contributed by atoms with Crippen molar-refractivity contribution in [3.63, 3.8) is 0 Å². The molecule has 0 N–H and O–H groups in total. The van der Waals surface area contributed by atoms with E-state index in [0.717, 1.165) is 31.3 Å².